The topological polar surface area (TPSA) is 77.0 Å². The van der Waals surface area contributed by atoms with Crippen LogP contribution in [0.25, 0.3) is 0 Å². The molecule has 4 rings (SSSR count). The zero-order valence-electron chi connectivity index (χ0n) is 25.2. The Labute approximate surface area is 259 Å². The highest BCUT2D eigenvalue weighted by Crippen LogP contribution is 2.67. The molecule has 0 aliphatic carbocycles. The van der Waals surface area contributed by atoms with E-state index in [-0.39, 0.29) is 15.7 Å². The Bertz CT molecular complexity index is 1390. The standard InChI is InChI=1S/C30H43F3N5O2PS2/c1-29(2,3)41(37-19-8-4-5-9-20-37,38-21-10-6-7-11-22-38)35-28(42)34-25-15-17-27(18-16-25)43(39,40)36-26-14-12-13-24(23-26)30(31,32)33/h12-18,23,36H,4-11,19-22H2,1-3H3,(H,34,42). The van der Waals surface area contributed by atoms with Gasteiger partial charge in [0.05, 0.1) is 10.5 Å². The fourth-order valence-electron chi connectivity index (χ4n) is 5.94. The number of sulfonamides is 1. The molecule has 0 radical (unpaired) electrons. The number of halogens is 3. The Balaban J connectivity index is 1.59. The van der Waals surface area contributed by atoms with E-state index in [0.717, 1.165) is 70.1 Å². The minimum atomic E-state index is -4.58. The molecule has 0 spiro atoms. The van der Waals surface area contributed by atoms with Gasteiger partial charge in [0.1, 0.15) is 7.36 Å². The molecule has 2 aliphatic heterocycles. The lowest BCUT2D eigenvalue weighted by atomic mass is 10.2. The Morgan fingerprint density at radius 3 is 1.79 bits per heavy atom. The van der Waals surface area contributed by atoms with Crippen molar-refractivity contribution in [3.8, 4) is 0 Å². The van der Waals surface area contributed by atoms with Gasteiger partial charge in [-0.1, -0.05) is 52.5 Å². The summed E-state index contributed by atoms with van der Waals surface area (Å²) in [6.45, 7) is 10.8. The van der Waals surface area contributed by atoms with Gasteiger partial charge in [-0.3, -0.25) is 14.1 Å². The smallest absolute Gasteiger partial charge is 0.331 e. The second-order valence-electron chi connectivity index (χ2n) is 12.2. The van der Waals surface area contributed by atoms with Crippen LogP contribution in [0.3, 0.4) is 0 Å². The van der Waals surface area contributed by atoms with Gasteiger partial charge in [-0.2, -0.15) is 13.2 Å². The maximum Gasteiger partial charge on any atom is 0.416 e. The van der Waals surface area contributed by atoms with Crippen LogP contribution in [-0.4, -0.2) is 54.2 Å². The zero-order valence-corrected chi connectivity index (χ0v) is 27.7. The SMILES string of the molecule is CC(C)(C)P(=NC(=S)Nc1ccc(S(=O)(=O)Nc2cccc(C(F)(F)F)c2)cc1)(N1CCCCCC1)N1CCCCCC1. The lowest BCUT2D eigenvalue weighted by Gasteiger charge is -2.50. The zero-order chi connectivity index (χ0) is 31.3. The summed E-state index contributed by atoms with van der Waals surface area (Å²) in [5.41, 5.74) is -0.508. The maximum absolute atomic E-state index is 13.1. The number of nitrogens with zero attached hydrogens (tertiary/aromatic N) is 3. The highest BCUT2D eigenvalue weighted by molar-refractivity contribution is 7.92. The summed E-state index contributed by atoms with van der Waals surface area (Å²) < 4.78 is 78.0. The third-order valence-electron chi connectivity index (χ3n) is 7.94. The Hall–Kier alpha value is -1.98. The lowest BCUT2D eigenvalue weighted by Crippen LogP contribution is -2.42. The molecule has 2 aromatic carbocycles. The van der Waals surface area contributed by atoms with E-state index in [4.69, 9.17) is 17.0 Å². The first kappa shape index (κ1) is 33.9. The number of alkyl halides is 3. The van der Waals surface area contributed by atoms with E-state index in [1.54, 1.807) is 12.1 Å². The number of benzene rings is 2. The molecule has 2 N–H and O–H groups in total. The number of rotatable bonds is 6. The predicted molar refractivity (Wildman–Crippen MR) is 174 cm³/mol. The van der Waals surface area contributed by atoms with Gasteiger partial charge in [-0.25, -0.2) is 13.2 Å². The number of nitrogens with one attached hydrogen (secondary N) is 2. The molecule has 238 valence electrons. The average Bonchev–Trinajstić information content (AvgIpc) is 3.37. The summed E-state index contributed by atoms with van der Waals surface area (Å²) in [5, 5.41) is 3.46. The van der Waals surface area contributed by atoms with E-state index in [0.29, 0.717) is 10.8 Å². The molecule has 2 saturated heterocycles. The van der Waals surface area contributed by atoms with Crippen molar-refractivity contribution in [2.75, 3.05) is 36.2 Å². The molecular formula is C30H43F3N5O2PS2. The monoisotopic (exact) mass is 657 g/mol. The summed E-state index contributed by atoms with van der Waals surface area (Å²) in [4.78, 5) is -0.0796. The first-order chi connectivity index (χ1) is 20.2. The Kier molecular flexibility index (Phi) is 11.0. The van der Waals surface area contributed by atoms with E-state index in [9.17, 15) is 21.6 Å². The molecule has 0 aromatic heterocycles. The van der Waals surface area contributed by atoms with Crippen molar-refractivity contribution in [3.63, 3.8) is 0 Å². The van der Waals surface area contributed by atoms with Crippen molar-refractivity contribution in [2.24, 2.45) is 4.74 Å². The summed E-state index contributed by atoms with van der Waals surface area (Å²) in [5.74, 6) is 0. The molecule has 2 aromatic rings. The highest BCUT2D eigenvalue weighted by Gasteiger charge is 2.44. The fraction of sp³-hybridized carbons (Fsp3) is 0.567. The normalized spacial score (nSPS) is 18.4. The van der Waals surface area contributed by atoms with Gasteiger partial charge in [0.25, 0.3) is 10.0 Å². The van der Waals surface area contributed by atoms with E-state index in [2.05, 4.69) is 40.2 Å². The molecule has 2 heterocycles. The van der Waals surface area contributed by atoms with Crippen molar-refractivity contribution in [1.29, 1.82) is 0 Å². The third kappa shape index (κ3) is 8.39. The van der Waals surface area contributed by atoms with Crippen LogP contribution >= 0.6 is 19.6 Å². The van der Waals surface area contributed by atoms with Crippen LogP contribution < -0.4 is 10.0 Å². The van der Waals surface area contributed by atoms with Crippen molar-refractivity contribution in [2.45, 2.75) is 88.4 Å². The number of hydrogen-bond acceptors (Lipinski definition) is 3. The molecule has 0 atom stereocenters. The lowest BCUT2D eigenvalue weighted by molar-refractivity contribution is -0.137. The van der Waals surface area contributed by atoms with Crippen molar-refractivity contribution >= 4 is 46.1 Å². The van der Waals surface area contributed by atoms with Crippen molar-refractivity contribution in [3.05, 3.63) is 54.1 Å². The molecule has 2 aliphatic rings. The quantitative estimate of drug-likeness (QED) is 0.239. The van der Waals surface area contributed by atoms with E-state index < -0.39 is 29.1 Å². The van der Waals surface area contributed by atoms with Crippen LogP contribution in [0.1, 0.15) is 77.7 Å². The molecule has 13 heteroatoms. The maximum atomic E-state index is 13.1. The molecule has 7 nitrogen and oxygen atoms in total. The summed E-state index contributed by atoms with van der Waals surface area (Å²) in [7, 11) is -6.38. The van der Waals surface area contributed by atoms with Crippen LogP contribution in [0.2, 0.25) is 0 Å². The molecule has 0 unspecified atom stereocenters. The van der Waals surface area contributed by atoms with E-state index in [1.165, 1.54) is 43.9 Å². The molecule has 43 heavy (non-hydrogen) atoms. The van der Waals surface area contributed by atoms with E-state index >= 15 is 0 Å². The van der Waals surface area contributed by atoms with Gasteiger partial charge < -0.3 is 5.32 Å². The van der Waals surface area contributed by atoms with Crippen LogP contribution in [0.4, 0.5) is 24.5 Å². The predicted octanol–water partition coefficient (Wildman–Crippen LogP) is 8.78. The summed E-state index contributed by atoms with van der Waals surface area (Å²) in [6.07, 6.45) is 4.89. The largest absolute Gasteiger partial charge is 0.416 e. The first-order valence-corrected chi connectivity index (χ1v) is 18.5. The van der Waals surface area contributed by atoms with Gasteiger partial charge in [0, 0.05) is 42.7 Å². The number of anilines is 2. The number of hydrogen-bond donors (Lipinski definition) is 2. The first-order valence-electron chi connectivity index (χ1n) is 15.0. The molecular weight excluding hydrogens is 614 g/mol. The third-order valence-corrected chi connectivity index (χ3v) is 14.3. The van der Waals surface area contributed by atoms with Crippen LogP contribution in [0.15, 0.2) is 58.2 Å². The highest BCUT2D eigenvalue weighted by atomic mass is 32.2. The molecule has 2 fully saturated rings. The molecule has 0 saturated carbocycles. The van der Waals surface area contributed by atoms with Crippen LogP contribution in [0, 0.1) is 0 Å². The minimum Gasteiger partial charge on any atom is -0.331 e. The second-order valence-corrected chi connectivity index (χ2v) is 18.1. The number of thiocarbonyl (C=S) groups is 1. The van der Waals surface area contributed by atoms with Gasteiger partial charge >= 0.3 is 6.18 Å². The van der Waals surface area contributed by atoms with E-state index in [1.807, 2.05) is 0 Å². The second kappa shape index (κ2) is 14.0. The van der Waals surface area contributed by atoms with Gasteiger partial charge in [-0.15, -0.1) is 0 Å². The minimum absolute atomic E-state index is 0.0796. The van der Waals surface area contributed by atoms with Gasteiger partial charge in [0.15, 0.2) is 5.11 Å². The Morgan fingerprint density at radius 2 is 1.33 bits per heavy atom. The van der Waals surface area contributed by atoms with Crippen LogP contribution in [0.5, 0.6) is 0 Å². The van der Waals surface area contributed by atoms with Gasteiger partial charge in [0.2, 0.25) is 0 Å². The van der Waals surface area contributed by atoms with Crippen molar-refractivity contribution in [1.82, 2.24) is 9.34 Å². The molecule has 0 bridgehead atoms. The van der Waals surface area contributed by atoms with Crippen molar-refractivity contribution < 1.29 is 21.6 Å². The average molecular weight is 658 g/mol. The Morgan fingerprint density at radius 1 is 0.814 bits per heavy atom. The summed E-state index contributed by atoms with van der Waals surface area (Å²) >= 11 is 5.87. The van der Waals surface area contributed by atoms with Crippen LogP contribution in [-0.2, 0) is 16.2 Å². The molecule has 0 amide bonds. The fourth-order valence-corrected chi connectivity index (χ4v) is 12.0. The summed E-state index contributed by atoms with van der Waals surface area (Å²) in [6, 6.07) is 10.1. The van der Waals surface area contributed by atoms with Gasteiger partial charge in [-0.05, 0) is 80.4 Å².